The van der Waals surface area contributed by atoms with E-state index in [9.17, 15) is 26.3 Å². The number of alkyl halides is 6. The molecule has 0 aromatic rings. The third-order valence-corrected chi connectivity index (χ3v) is 2.11. The maximum absolute atomic E-state index is 12.6. The molecule has 0 aromatic carbocycles. The van der Waals surface area contributed by atoms with Crippen molar-refractivity contribution in [2.75, 3.05) is 0 Å². The molecule has 0 rings (SSSR count). The van der Waals surface area contributed by atoms with Crippen LogP contribution in [0.5, 0.6) is 0 Å². The topological polar surface area (TPSA) is 0 Å². The molecular weight excluding hydrogens is 222 g/mol. The Hall–Kier alpha value is -0.420. The van der Waals surface area contributed by atoms with Crippen molar-refractivity contribution < 1.29 is 26.3 Å². The summed E-state index contributed by atoms with van der Waals surface area (Å²) in [5.74, 6) is -9.84. The van der Waals surface area contributed by atoms with Crippen molar-refractivity contribution in [3.8, 4) is 0 Å². The molecule has 92 valence electrons. The highest BCUT2D eigenvalue weighted by molar-refractivity contribution is 4.86. The van der Waals surface area contributed by atoms with Crippen molar-refractivity contribution in [1.29, 1.82) is 0 Å². The quantitative estimate of drug-likeness (QED) is 0.451. The molecule has 15 heavy (non-hydrogen) atoms. The second-order valence-corrected chi connectivity index (χ2v) is 3.44. The van der Waals surface area contributed by atoms with Gasteiger partial charge in [0.05, 0.1) is 0 Å². The smallest absolute Gasteiger partial charge is 0.203 e. The van der Waals surface area contributed by atoms with Gasteiger partial charge in [-0.15, -0.1) is 0 Å². The third-order valence-electron chi connectivity index (χ3n) is 2.11. The van der Waals surface area contributed by atoms with Crippen molar-refractivity contribution in [3.05, 3.63) is 0 Å². The minimum Gasteiger partial charge on any atom is -0.203 e. The van der Waals surface area contributed by atoms with E-state index in [0.29, 0.717) is 12.8 Å². The van der Waals surface area contributed by atoms with Gasteiger partial charge in [-0.2, -0.15) is 17.6 Å². The predicted molar refractivity (Wildman–Crippen MR) is 44.7 cm³/mol. The monoisotopic (exact) mass is 236 g/mol. The SMILES string of the molecule is CCCCCCC(F)(F)C(F)(F)C(F)F. The molecule has 0 aliphatic heterocycles. The largest absolute Gasteiger partial charge is 0.369 e. The Morgan fingerprint density at radius 2 is 1.47 bits per heavy atom. The van der Waals surface area contributed by atoms with Gasteiger partial charge in [0.1, 0.15) is 0 Å². The summed E-state index contributed by atoms with van der Waals surface area (Å²) in [6.07, 6.45) is -3.93. The van der Waals surface area contributed by atoms with Gasteiger partial charge in [0.25, 0.3) is 0 Å². The molecule has 0 atom stereocenters. The van der Waals surface area contributed by atoms with Crippen LogP contribution in [0.25, 0.3) is 0 Å². The van der Waals surface area contributed by atoms with Crippen LogP contribution in [-0.4, -0.2) is 18.3 Å². The molecule has 6 heteroatoms. The van der Waals surface area contributed by atoms with Crippen LogP contribution in [-0.2, 0) is 0 Å². The first kappa shape index (κ1) is 14.6. The van der Waals surface area contributed by atoms with Gasteiger partial charge in [0.15, 0.2) is 0 Å². The minimum absolute atomic E-state index is 0.164. The lowest BCUT2D eigenvalue weighted by Crippen LogP contribution is -2.46. The fourth-order valence-electron chi connectivity index (χ4n) is 1.10. The predicted octanol–water partition coefficient (Wildman–Crippen LogP) is 4.49. The van der Waals surface area contributed by atoms with E-state index in [-0.39, 0.29) is 6.42 Å². The van der Waals surface area contributed by atoms with Crippen molar-refractivity contribution in [1.82, 2.24) is 0 Å². The summed E-state index contributed by atoms with van der Waals surface area (Å²) in [5, 5.41) is 0. The molecule has 0 spiro atoms. The standard InChI is InChI=1S/C9H14F6/c1-2-3-4-5-6-8(12,13)9(14,15)7(10)11/h7H,2-6H2,1H3. The lowest BCUT2D eigenvalue weighted by molar-refractivity contribution is -0.266. The zero-order chi connectivity index (χ0) is 12.1. The summed E-state index contributed by atoms with van der Waals surface area (Å²) in [6.45, 7) is 1.83. The average molecular weight is 236 g/mol. The van der Waals surface area contributed by atoms with E-state index in [0.717, 1.165) is 6.42 Å². The number of rotatable bonds is 7. The van der Waals surface area contributed by atoms with Gasteiger partial charge >= 0.3 is 18.3 Å². The zero-order valence-corrected chi connectivity index (χ0v) is 8.38. The fourth-order valence-corrected chi connectivity index (χ4v) is 1.10. The molecule has 0 aromatic heterocycles. The van der Waals surface area contributed by atoms with Crippen LogP contribution in [0.2, 0.25) is 0 Å². The van der Waals surface area contributed by atoms with E-state index in [1.54, 1.807) is 0 Å². The Balaban J connectivity index is 4.16. The van der Waals surface area contributed by atoms with Crippen LogP contribution in [0, 0.1) is 0 Å². The van der Waals surface area contributed by atoms with E-state index in [4.69, 9.17) is 0 Å². The number of unbranched alkanes of at least 4 members (excludes halogenated alkanes) is 3. The van der Waals surface area contributed by atoms with Crippen LogP contribution in [0.1, 0.15) is 39.0 Å². The molecule has 0 saturated heterocycles. The lowest BCUT2D eigenvalue weighted by Gasteiger charge is -2.25. The highest BCUT2D eigenvalue weighted by atomic mass is 19.3. The summed E-state index contributed by atoms with van der Waals surface area (Å²) < 4.78 is 73.3. The molecular formula is C9H14F6. The second-order valence-electron chi connectivity index (χ2n) is 3.44. The zero-order valence-electron chi connectivity index (χ0n) is 8.38. The fraction of sp³-hybridized carbons (Fsp3) is 1.00. The number of hydrogen-bond acceptors (Lipinski definition) is 0. The average Bonchev–Trinajstić information content (AvgIpc) is 2.12. The Morgan fingerprint density at radius 3 is 1.87 bits per heavy atom. The first-order valence-electron chi connectivity index (χ1n) is 4.79. The Labute approximate surface area is 84.7 Å². The Kier molecular flexibility index (Phi) is 5.45. The van der Waals surface area contributed by atoms with Gasteiger partial charge in [-0.25, -0.2) is 8.78 Å². The Bertz CT molecular complexity index is 177. The molecule has 0 amide bonds. The van der Waals surface area contributed by atoms with Crippen LogP contribution >= 0.6 is 0 Å². The number of hydrogen-bond donors (Lipinski definition) is 0. The van der Waals surface area contributed by atoms with Gasteiger partial charge in [0, 0.05) is 6.42 Å². The van der Waals surface area contributed by atoms with Gasteiger partial charge in [-0.3, -0.25) is 0 Å². The lowest BCUT2D eigenvalue weighted by atomic mass is 10.0. The minimum atomic E-state index is -5.22. The Morgan fingerprint density at radius 1 is 0.933 bits per heavy atom. The molecule has 0 aliphatic rings. The molecule has 0 fully saturated rings. The molecule has 0 nitrogen and oxygen atoms in total. The van der Waals surface area contributed by atoms with Gasteiger partial charge in [0.2, 0.25) is 0 Å². The maximum atomic E-state index is 12.6. The van der Waals surface area contributed by atoms with E-state index >= 15 is 0 Å². The number of halogens is 6. The molecule has 0 heterocycles. The summed E-state index contributed by atoms with van der Waals surface area (Å²) in [5.41, 5.74) is 0. The van der Waals surface area contributed by atoms with E-state index < -0.39 is 24.7 Å². The van der Waals surface area contributed by atoms with Crippen molar-refractivity contribution in [3.63, 3.8) is 0 Å². The molecule has 0 bridgehead atoms. The van der Waals surface area contributed by atoms with Crippen molar-refractivity contribution in [2.45, 2.75) is 57.3 Å². The van der Waals surface area contributed by atoms with Gasteiger partial charge in [-0.05, 0) is 6.42 Å². The molecule has 0 aliphatic carbocycles. The van der Waals surface area contributed by atoms with E-state index in [1.807, 2.05) is 6.92 Å². The second kappa shape index (κ2) is 5.61. The van der Waals surface area contributed by atoms with Crippen LogP contribution in [0.4, 0.5) is 26.3 Å². The summed E-state index contributed by atoms with van der Waals surface area (Å²) in [4.78, 5) is 0. The van der Waals surface area contributed by atoms with Crippen LogP contribution < -0.4 is 0 Å². The molecule has 0 unspecified atom stereocenters. The van der Waals surface area contributed by atoms with Gasteiger partial charge < -0.3 is 0 Å². The summed E-state index contributed by atoms with van der Waals surface area (Å²) >= 11 is 0. The summed E-state index contributed by atoms with van der Waals surface area (Å²) in [7, 11) is 0. The summed E-state index contributed by atoms with van der Waals surface area (Å²) in [6, 6.07) is 0. The highest BCUT2D eigenvalue weighted by Gasteiger charge is 2.61. The molecule has 0 saturated carbocycles. The van der Waals surface area contributed by atoms with Crippen LogP contribution in [0.3, 0.4) is 0 Å². The maximum Gasteiger partial charge on any atom is 0.369 e. The van der Waals surface area contributed by atoms with Crippen molar-refractivity contribution >= 4 is 0 Å². The molecule has 0 N–H and O–H groups in total. The van der Waals surface area contributed by atoms with E-state index in [1.165, 1.54) is 0 Å². The first-order chi connectivity index (χ1) is 6.75. The molecule has 0 radical (unpaired) electrons. The first-order valence-corrected chi connectivity index (χ1v) is 4.79. The highest BCUT2D eigenvalue weighted by Crippen LogP contribution is 2.42. The normalized spacial score (nSPS) is 13.6. The van der Waals surface area contributed by atoms with Crippen LogP contribution in [0.15, 0.2) is 0 Å². The third kappa shape index (κ3) is 3.91. The van der Waals surface area contributed by atoms with Gasteiger partial charge in [-0.1, -0.05) is 26.2 Å². The van der Waals surface area contributed by atoms with Crippen molar-refractivity contribution in [2.24, 2.45) is 0 Å². The van der Waals surface area contributed by atoms with E-state index in [2.05, 4.69) is 0 Å².